The van der Waals surface area contributed by atoms with Crippen LogP contribution in [-0.4, -0.2) is 55.0 Å². The molecule has 1 fully saturated rings. The zero-order valence-corrected chi connectivity index (χ0v) is 11.6. The lowest BCUT2D eigenvalue weighted by atomic mass is 10.00. The average molecular weight is 241 g/mol. The molecule has 4 heteroatoms. The van der Waals surface area contributed by atoms with Gasteiger partial charge in [-0.1, -0.05) is 13.8 Å². The quantitative estimate of drug-likeness (QED) is 0.796. The minimum Gasteiger partial charge on any atom is -0.341 e. The van der Waals surface area contributed by atoms with Crippen LogP contribution >= 0.6 is 0 Å². The molecule has 0 spiro atoms. The minimum absolute atomic E-state index is 0.135. The summed E-state index contributed by atoms with van der Waals surface area (Å²) in [7, 11) is 4.21. The van der Waals surface area contributed by atoms with Crippen molar-refractivity contribution in [2.45, 2.75) is 45.2 Å². The highest BCUT2D eigenvalue weighted by molar-refractivity contribution is 5.81. The SMILES string of the molecule is CC(C)C[C@H](N)C(=O)N1CCC(N(C)C)CC1. The second-order valence-electron chi connectivity index (χ2n) is 5.76. The number of carbonyl (C=O) groups excluding carboxylic acids is 1. The van der Waals surface area contributed by atoms with Gasteiger partial charge < -0.3 is 15.5 Å². The summed E-state index contributed by atoms with van der Waals surface area (Å²) in [6.45, 7) is 5.91. The molecule has 100 valence electrons. The Morgan fingerprint density at radius 1 is 1.35 bits per heavy atom. The van der Waals surface area contributed by atoms with E-state index in [1.54, 1.807) is 0 Å². The number of hydrogen-bond acceptors (Lipinski definition) is 3. The Balaban J connectivity index is 2.40. The normalized spacial score (nSPS) is 20.1. The first-order valence-electron chi connectivity index (χ1n) is 6.62. The third kappa shape index (κ3) is 4.28. The standard InChI is InChI=1S/C13H27N3O/c1-10(2)9-12(14)13(17)16-7-5-11(6-8-16)15(3)4/h10-12H,5-9,14H2,1-4H3/t12-/m0/s1. The first-order chi connectivity index (χ1) is 7.91. The number of carbonyl (C=O) groups is 1. The Kier molecular flexibility index (Phi) is 5.40. The van der Waals surface area contributed by atoms with Crippen molar-refractivity contribution in [2.24, 2.45) is 11.7 Å². The van der Waals surface area contributed by atoms with Crippen LogP contribution < -0.4 is 5.73 Å². The van der Waals surface area contributed by atoms with Gasteiger partial charge in [0.15, 0.2) is 0 Å². The van der Waals surface area contributed by atoms with E-state index in [1.165, 1.54) is 0 Å². The summed E-state index contributed by atoms with van der Waals surface area (Å²) >= 11 is 0. The average Bonchev–Trinajstić information content (AvgIpc) is 2.27. The Morgan fingerprint density at radius 3 is 2.29 bits per heavy atom. The van der Waals surface area contributed by atoms with Gasteiger partial charge in [0.2, 0.25) is 5.91 Å². The van der Waals surface area contributed by atoms with Crippen LogP contribution in [0.3, 0.4) is 0 Å². The predicted molar refractivity (Wildman–Crippen MR) is 70.7 cm³/mol. The van der Waals surface area contributed by atoms with Crippen molar-refractivity contribution in [1.82, 2.24) is 9.80 Å². The lowest BCUT2D eigenvalue weighted by molar-refractivity contribution is -0.134. The van der Waals surface area contributed by atoms with Gasteiger partial charge in [-0.05, 0) is 39.3 Å². The molecule has 0 aliphatic carbocycles. The van der Waals surface area contributed by atoms with Crippen molar-refractivity contribution >= 4 is 5.91 Å². The fraction of sp³-hybridized carbons (Fsp3) is 0.923. The molecule has 1 heterocycles. The Labute approximate surface area is 105 Å². The zero-order valence-electron chi connectivity index (χ0n) is 11.6. The van der Waals surface area contributed by atoms with Crippen LogP contribution in [-0.2, 0) is 4.79 Å². The predicted octanol–water partition coefficient (Wildman–Crippen LogP) is 0.912. The number of nitrogens with two attached hydrogens (primary N) is 1. The van der Waals surface area contributed by atoms with E-state index in [0.29, 0.717) is 12.0 Å². The summed E-state index contributed by atoms with van der Waals surface area (Å²) in [4.78, 5) is 16.3. The number of piperidine rings is 1. The van der Waals surface area contributed by atoms with Crippen LogP contribution in [0.25, 0.3) is 0 Å². The third-order valence-electron chi connectivity index (χ3n) is 3.55. The van der Waals surface area contributed by atoms with E-state index in [0.717, 1.165) is 32.4 Å². The monoisotopic (exact) mass is 241 g/mol. The van der Waals surface area contributed by atoms with Gasteiger partial charge in [-0.2, -0.15) is 0 Å². The van der Waals surface area contributed by atoms with Crippen molar-refractivity contribution in [3.05, 3.63) is 0 Å². The lowest BCUT2D eigenvalue weighted by Gasteiger charge is -2.36. The van der Waals surface area contributed by atoms with Gasteiger partial charge >= 0.3 is 0 Å². The molecule has 0 unspecified atom stereocenters. The van der Waals surface area contributed by atoms with Crippen molar-refractivity contribution in [2.75, 3.05) is 27.2 Å². The van der Waals surface area contributed by atoms with Crippen molar-refractivity contribution in [3.8, 4) is 0 Å². The van der Waals surface area contributed by atoms with E-state index < -0.39 is 0 Å². The van der Waals surface area contributed by atoms with Crippen molar-refractivity contribution < 1.29 is 4.79 Å². The topological polar surface area (TPSA) is 49.6 Å². The van der Waals surface area contributed by atoms with Crippen LogP contribution in [0.4, 0.5) is 0 Å². The fourth-order valence-corrected chi connectivity index (χ4v) is 2.45. The highest BCUT2D eigenvalue weighted by Gasteiger charge is 2.27. The maximum Gasteiger partial charge on any atom is 0.239 e. The first-order valence-corrected chi connectivity index (χ1v) is 6.62. The Morgan fingerprint density at radius 2 is 1.88 bits per heavy atom. The highest BCUT2D eigenvalue weighted by atomic mass is 16.2. The molecule has 1 aliphatic rings. The lowest BCUT2D eigenvalue weighted by Crippen LogP contribution is -2.50. The van der Waals surface area contributed by atoms with E-state index in [9.17, 15) is 4.79 Å². The molecule has 1 saturated heterocycles. The van der Waals surface area contributed by atoms with Crippen LogP contribution in [0.5, 0.6) is 0 Å². The summed E-state index contributed by atoms with van der Waals surface area (Å²) in [6.07, 6.45) is 2.91. The molecule has 1 atom stereocenters. The number of rotatable bonds is 4. The molecule has 1 amide bonds. The highest BCUT2D eigenvalue weighted by Crippen LogP contribution is 2.16. The van der Waals surface area contributed by atoms with Crippen LogP contribution in [0.1, 0.15) is 33.1 Å². The van der Waals surface area contributed by atoms with E-state index >= 15 is 0 Å². The van der Waals surface area contributed by atoms with Gasteiger partial charge in [0.05, 0.1) is 6.04 Å². The molecule has 17 heavy (non-hydrogen) atoms. The molecular formula is C13H27N3O. The van der Waals surface area contributed by atoms with Crippen molar-refractivity contribution in [3.63, 3.8) is 0 Å². The molecule has 4 nitrogen and oxygen atoms in total. The van der Waals surface area contributed by atoms with E-state index in [2.05, 4.69) is 32.8 Å². The van der Waals surface area contributed by atoms with Gasteiger partial charge in [-0.15, -0.1) is 0 Å². The molecule has 0 radical (unpaired) electrons. The zero-order chi connectivity index (χ0) is 13.0. The van der Waals surface area contributed by atoms with Crippen LogP contribution in [0, 0.1) is 5.92 Å². The maximum absolute atomic E-state index is 12.1. The first kappa shape index (κ1) is 14.5. The van der Waals surface area contributed by atoms with Crippen molar-refractivity contribution in [1.29, 1.82) is 0 Å². The van der Waals surface area contributed by atoms with Crippen LogP contribution in [0.15, 0.2) is 0 Å². The summed E-state index contributed by atoms with van der Waals surface area (Å²) in [5, 5.41) is 0. The second-order valence-corrected chi connectivity index (χ2v) is 5.76. The molecule has 0 aromatic rings. The molecule has 2 N–H and O–H groups in total. The summed E-state index contributed by atoms with van der Waals surface area (Å²) < 4.78 is 0. The molecular weight excluding hydrogens is 214 g/mol. The van der Waals surface area contributed by atoms with Gasteiger partial charge in [0.1, 0.15) is 0 Å². The smallest absolute Gasteiger partial charge is 0.239 e. The van der Waals surface area contributed by atoms with Crippen LogP contribution in [0.2, 0.25) is 0 Å². The summed E-state index contributed by atoms with van der Waals surface area (Å²) in [5.41, 5.74) is 5.94. The van der Waals surface area contributed by atoms with Gasteiger partial charge in [-0.25, -0.2) is 0 Å². The molecule has 0 aromatic carbocycles. The Bertz CT molecular complexity index is 245. The number of likely N-dealkylation sites (tertiary alicyclic amines) is 1. The van der Waals surface area contributed by atoms with Gasteiger partial charge in [0, 0.05) is 19.1 Å². The second kappa shape index (κ2) is 6.36. The van der Waals surface area contributed by atoms with E-state index in [4.69, 9.17) is 5.73 Å². The van der Waals surface area contributed by atoms with E-state index in [-0.39, 0.29) is 11.9 Å². The number of amides is 1. The third-order valence-corrected chi connectivity index (χ3v) is 3.55. The fourth-order valence-electron chi connectivity index (χ4n) is 2.45. The van der Waals surface area contributed by atoms with Gasteiger partial charge in [-0.3, -0.25) is 4.79 Å². The van der Waals surface area contributed by atoms with E-state index in [1.807, 2.05) is 4.90 Å². The Hall–Kier alpha value is -0.610. The van der Waals surface area contributed by atoms with Gasteiger partial charge in [0.25, 0.3) is 0 Å². The summed E-state index contributed by atoms with van der Waals surface area (Å²) in [5.74, 6) is 0.615. The number of nitrogens with zero attached hydrogens (tertiary/aromatic N) is 2. The molecule has 0 bridgehead atoms. The minimum atomic E-state index is -0.314. The molecule has 1 rings (SSSR count). The summed E-state index contributed by atoms with van der Waals surface area (Å²) in [6, 6.07) is 0.297. The number of hydrogen-bond donors (Lipinski definition) is 1. The molecule has 0 saturated carbocycles. The largest absolute Gasteiger partial charge is 0.341 e. The molecule has 0 aromatic heterocycles. The molecule has 1 aliphatic heterocycles. The maximum atomic E-state index is 12.1.